The third kappa shape index (κ3) is 4.07. The van der Waals surface area contributed by atoms with Crippen molar-refractivity contribution < 1.29 is 0 Å². The van der Waals surface area contributed by atoms with Crippen molar-refractivity contribution in [2.75, 3.05) is 5.73 Å². The summed E-state index contributed by atoms with van der Waals surface area (Å²) in [5.41, 5.74) is 8.99. The Hall–Kier alpha value is -1.87. The fourth-order valence-electron chi connectivity index (χ4n) is 2.05. The number of aromatic nitrogens is 1. The summed E-state index contributed by atoms with van der Waals surface area (Å²) in [7, 11) is 0. The second-order valence-corrected chi connectivity index (χ2v) is 5.06. The van der Waals surface area contributed by atoms with Crippen LogP contribution in [-0.4, -0.2) is 15.9 Å². The molecule has 0 saturated heterocycles. The molecule has 0 unspecified atom stereocenters. The number of hydrogen-bond donors (Lipinski definition) is 1. The number of nitrogens with two attached hydrogens (primary N) is 1. The minimum Gasteiger partial charge on any atom is -0.399 e. The lowest BCUT2D eigenvalue weighted by Crippen LogP contribution is -2.30. The third-order valence-electron chi connectivity index (χ3n) is 3.16. The fraction of sp³-hybridized carbons (Fsp3) is 0.312. The largest absolute Gasteiger partial charge is 0.399 e. The topological polar surface area (TPSA) is 42.1 Å². The Morgan fingerprint density at radius 1 is 1.11 bits per heavy atom. The summed E-state index contributed by atoms with van der Waals surface area (Å²) >= 11 is 0. The summed E-state index contributed by atoms with van der Waals surface area (Å²) in [4.78, 5) is 6.78. The van der Waals surface area contributed by atoms with Crippen LogP contribution in [0.2, 0.25) is 0 Å². The van der Waals surface area contributed by atoms with E-state index in [1.807, 2.05) is 36.5 Å². The highest BCUT2D eigenvalue weighted by atomic mass is 15.1. The van der Waals surface area contributed by atoms with Crippen LogP contribution in [0.4, 0.5) is 5.69 Å². The van der Waals surface area contributed by atoms with Crippen molar-refractivity contribution in [1.29, 1.82) is 0 Å². The molecule has 0 aliphatic heterocycles. The van der Waals surface area contributed by atoms with Gasteiger partial charge < -0.3 is 5.73 Å². The van der Waals surface area contributed by atoms with Crippen molar-refractivity contribution >= 4 is 5.69 Å². The van der Waals surface area contributed by atoms with Gasteiger partial charge in [0, 0.05) is 31.0 Å². The molecule has 0 amide bonds. The Kier molecular flexibility index (Phi) is 4.53. The molecule has 0 spiro atoms. The Bertz CT molecular complexity index is 508. The Morgan fingerprint density at radius 2 is 1.95 bits per heavy atom. The van der Waals surface area contributed by atoms with E-state index in [2.05, 4.69) is 35.9 Å². The van der Waals surface area contributed by atoms with Crippen LogP contribution < -0.4 is 5.73 Å². The second kappa shape index (κ2) is 6.34. The van der Waals surface area contributed by atoms with Gasteiger partial charge in [-0.15, -0.1) is 0 Å². The summed E-state index contributed by atoms with van der Waals surface area (Å²) in [6.45, 7) is 6.15. The van der Waals surface area contributed by atoms with Crippen LogP contribution in [0, 0.1) is 0 Å². The van der Waals surface area contributed by atoms with E-state index in [4.69, 9.17) is 5.73 Å². The second-order valence-electron chi connectivity index (χ2n) is 5.06. The SMILES string of the molecule is CC(C)N(Cc1cccc(N)c1)Cc1ccccn1. The average molecular weight is 255 g/mol. The number of rotatable bonds is 5. The van der Waals surface area contributed by atoms with Crippen molar-refractivity contribution in [3.63, 3.8) is 0 Å². The zero-order valence-electron chi connectivity index (χ0n) is 11.6. The lowest BCUT2D eigenvalue weighted by atomic mass is 10.1. The molecule has 0 bridgehead atoms. The van der Waals surface area contributed by atoms with Gasteiger partial charge in [-0.25, -0.2) is 0 Å². The molecular formula is C16H21N3. The van der Waals surface area contributed by atoms with Gasteiger partial charge in [0.25, 0.3) is 0 Å². The maximum atomic E-state index is 5.83. The van der Waals surface area contributed by atoms with E-state index in [1.165, 1.54) is 5.56 Å². The van der Waals surface area contributed by atoms with Crippen LogP contribution >= 0.6 is 0 Å². The smallest absolute Gasteiger partial charge is 0.0544 e. The molecule has 0 radical (unpaired) electrons. The van der Waals surface area contributed by atoms with Crippen molar-refractivity contribution in [1.82, 2.24) is 9.88 Å². The molecule has 0 atom stereocenters. The first kappa shape index (κ1) is 13.6. The van der Waals surface area contributed by atoms with Crippen LogP contribution in [-0.2, 0) is 13.1 Å². The van der Waals surface area contributed by atoms with E-state index >= 15 is 0 Å². The zero-order valence-corrected chi connectivity index (χ0v) is 11.6. The molecule has 0 aliphatic rings. The van der Waals surface area contributed by atoms with Gasteiger partial charge in [-0.1, -0.05) is 18.2 Å². The minimum absolute atomic E-state index is 0.462. The zero-order chi connectivity index (χ0) is 13.7. The molecule has 0 fully saturated rings. The molecule has 3 heteroatoms. The number of benzene rings is 1. The van der Waals surface area contributed by atoms with Gasteiger partial charge in [0.15, 0.2) is 0 Å². The molecule has 1 aromatic carbocycles. The molecule has 3 nitrogen and oxygen atoms in total. The first-order chi connectivity index (χ1) is 9.15. The van der Waals surface area contributed by atoms with E-state index in [0.29, 0.717) is 6.04 Å². The first-order valence-corrected chi connectivity index (χ1v) is 6.63. The lowest BCUT2D eigenvalue weighted by Gasteiger charge is -2.26. The number of pyridine rings is 1. The number of hydrogen-bond acceptors (Lipinski definition) is 3. The Balaban J connectivity index is 2.08. The van der Waals surface area contributed by atoms with E-state index in [0.717, 1.165) is 24.5 Å². The van der Waals surface area contributed by atoms with Gasteiger partial charge >= 0.3 is 0 Å². The van der Waals surface area contributed by atoms with E-state index in [-0.39, 0.29) is 0 Å². The summed E-state index contributed by atoms with van der Waals surface area (Å²) in [6.07, 6.45) is 1.84. The summed E-state index contributed by atoms with van der Waals surface area (Å²) < 4.78 is 0. The molecule has 0 saturated carbocycles. The predicted molar refractivity (Wildman–Crippen MR) is 79.5 cm³/mol. The maximum absolute atomic E-state index is 5.83. The molecule has 1 heterocycles. The van der Waals surface area contributed by atoms with Crippen LogP contribution in [0.3, 0.4) is 0 Å². The average Bonchev–Trinajstić information content (AvgIpc) is 2.39. The fourth-order valence-corrected chi connectivity index (χ4v) is 2.05. The van der Waals surface area contributed by atoms with Crippen LogP contribution in [0.15, 0.2) is 48.7 Å². The van der Waals surface area contributed by atoms with E-state index in [9.17, 15) is 0 Å². The van der Waals surface area contributed by atoms with Crippen LogP contribution in [0.25, 0.3) is 0 Å². The maximum Gasteiger partial charge on any atom is 0.0544 e. The molecule has 19 heavy (non-hydrogen) atoms. The van der Waals surface area contributed by atoms with Crippen molar-refractivity contribution in [3.8, 4) is 0 Å². The molecule has 1 aromatic heterocycles. The van der Waals surface area contributed by atoms with Gasteiger partial charge in [0.2, 0.25) is 0 Å². The highest BCUT2D eigenvalue weighted by molar-refractivity contribution is 5.40. The van der Waals surface area contributed by atoms with Crippen molar-refractivity contribution in [3.05, 3.63) is 59.9 Å². The Morgan fingerprint density at radius 3 is 2.58 bits per heavy atom. The van der Waals surface area contributed by atoms with Gasteiger partial charge in [0.05, 0.1) is 5.69 Å². The molecule has 2 N–H and O–H groups in total. The first-order valence-electron chi connectivity index (χ1n) is 6.63. The Labute approximate surface area is 115 Å². The van der Waals surface area contributed by atoms with E-state index < -0.39 is 0 Å². The summed E-state index contributed by atoms with van der Waals surface area (Å²) in [5, 5.41) is 0. The highest BCUT2D eigenvalue weighted by Crippen LogP contribution is 2.14. The quantitative estimate of drug-likeness (QED) is 0.835. The molecule has 100 valence electrons. The molecular weight excluding hydrogens is 234 g/mol. The molecule has 0 aliphatic carbocycles. The monoisotopic (exact) mass is 255 g/mol. The molecule has 2 aromatic rings. The van der Waals surface area contributed by atoms with Crippen molar-refractivity contribution in [2.45, 2.75) is 33.0 Å². The van der Waals surface area contributed by atoms with Crippen LogP contribution in [0.5, 0.6) is 0 Å². The normalized spacial score (nSPS) is 11.2. The van der Waals surface area contributed by atoms with Gasteiger partial charge in [-0.05, 0) is 43.7 Å². The number of anilines is 1. The van der Waals surface area contributed by atoms with Crippen LogP contribution in [0.1, 0.15) is 25.1 Å². The van der Waals surface area contributed by atoms with E-state index in [1.54, 1.807) is 0 Å². The summed E-state index contributed by atoms with van der Waals surface area (Å²) in [6, 6.07) is 14.6. The molecule has 2 rings (SSSR count). The standard InChI is InChI=1S/C16H21N3/c1-13(2)19(12-16-8-3-4-9-18-16)11-14-6-5-7-15(17)10-14/h3-10,13H,11-12,17H2,1-2H3. The predicted octanol–water partition coefficient (Wildman–Crippen LogP) is 3.07. The van der Waals surface area contributed by atoms with Crippen molar-refractivity contribution in [2.24, 2.45) is 0 Å². The van der Waals surface area contributed by atoms with Gasteiger partial charge in [0.1, 0.15) is 0 Å². The lowest BCUT2D eigenvalue weighted by molar-refractivity contribution is 0.201. The highest BCUT2D eigenvalue weighted by Gasteiger charge is 2.11. The number of nitrogens with zero attached hydrogens (tertiary/aromatic N) is 2. The minimum atomic E-state index is 0.462. The van der Waals surface area contributed by atoms with Gasteiger partial charge in [-0.2, -0.15) is 0 Å². The third-order valence-corrected chi connectivity index (χ3v) is 3.16. The number of nitrogen functional groups attached to an aromatic ring is 1. The summed E-state index contributed by atoms with van der Waals surface area (Å²) in [5.74, 6) is 0. The van der Waals surface area contributed by atoms with Gasteiger partial charge in [-0.3, -0.25) is 9.88 Å².